The zero-order valence-electron chi connectivity index (χ0n) is 22.4. The van der Waals surface area contributed by atoms with E-state index in [-0.39, 0.29) is 0 Å². The highest BCUT2D eigenvalue weighted by Crippen LogP contribution is 2.39. The average Bonchev–Trinajstić information content (AvgIpc) is 3.35. The molecule has 0 saturated heterocycles. The molecule has 3 heteroatoms. The molecule has 0 radical (unpaired) electrons. The SMILES string of the molecule is C[Si](C)(C)c1ccc(-c2ccc3cc(-c4ccc(-c5cccc6c5sc5ncccc56)cc4)ccc3c2)cc1. The summed E-state index contributed by atoms with van der Waals surface area (Å²) in [5, 5.41) is 6.55. The molecule has 0 aliphatic heterocycles. The molecule has 0 bridgehead atoms. The van der Waals surface area contributed by atoms with Gasteiger partial charge in [-0.3, -0.25) is 0 Å². The lowest BCUT2D eigenvalue weighted by Gasteiger charge is -2.17. The summed E-state index contributed by atoms with van der Waals surface area (Å²) >= 11 is 1.78. The molecule has 0 aliphatic rings. The van der Waals surface area contributed by atoms with E-state index in [9.17, 15) is 0 Å². The molecule has 1 nitrogen and oxygen atoms in total. The first-order valence-corrected chi connectivity index (χ1v) is 17.8. The maximum absolute atomic E-state index is 4.59. The molecule has 0 atom stereocenters. The van der Waals surface area contributed by atoms with Gasteiger partial charge in [0.1, 0.15) is 4.83 Å². The number of hydrogen-bond donors (Lipinski definition) is 0. The van der Waals surface area contributed by atoms with E-state index in [1.165, 1.54) is 64.8 Å². The van der Waals surface area contributed by atoms with Crippen LogP contribution in [0.1, 0.15) is 0 Å². The van der Waals surface area contributed by atoms with E-state index in [1.807, 2.05) is 12.3 Å². The summed E-state index contributed by atoms with van der Waals surface area (Å²) in [6.07, 6.45) is 1.88. The third-order valence-corrected chi connectivity index (χ3v) is 11.0. The summed E-state index contributed by atoms with van der Waals surface area (Å²) < 4.78 is 1.30. The molecule has 0 amide bonds. The number of benzene rings is 5. The Balaban J connectivity index is 1.19. The summed E-state index contributed by atoms with van der Waals surface area (Å²) in [4.78, 5) is 5.68. The number of pyridine rings is 1. The van der Waals surface area contributed by atoms with Gasteiger partial charge >= 0.3 is 0 Å². The van der Waals surface area contributed by atoms with Crippen molar-refractivity contribution in [3.05, 3.63) is 121 Å². The second-order valence-electron chi connectivity index (χ2n) is 11.3. The third-order valence-electron chi connectivity index (χ3n) is 7.73. The Morgan fingerprint density at radius 2 is 1.10 bits per heavy atom. The molecule has 0 spiro atoms. The van der Waals surface area contributed by atoms with Crippen molar-refractivity contribution < 1.29 is 0 Å². The van der Waals surface area contributed by atoms with Gasteiger partial charge in [-0.05, 0) is 68.4 Å². The highest BCUT2D eigenvalue weighted by molar-refractivity contribution is 7.26. The van der Waals surface area contributed by atoms with Crippen LogP contribution in [0.25, 0.3) is 64.5 Å². The van der Waals surface area contributed by atoms with Crippen molar-refractivity contribution in [1.82, 2.24) is 4.98 Å². The monoisotopic (exact) mass is 535 g/mol. The molecular formula is C36H29NSSi. The van der Waals surface area contributed by atoms with Crippen LogP contribution in [-0.4, -0.2) is 13.1 Å². The lowest BCUT2D eigenvalue weighted by atomic mass is 9.96. The Kier molecular flexibility index (Phi) is 5.73. The van der Waals surface area contributed by atoms with Crippen LogP contribution >= 0.6 is 11.3 Å². The second kappa shape index (κ2) is 9.30. The molecule has 2 aromatic heterocycles. The minimum Gasteiger partial charge on any atom is -0.245 e. The van der Waals surface area contributed by atoms with E-state index in [1.54, 1.807) is 11.3 Å². The van der Waals surface area contributed by atoms with Crippen LogP contribution in [0.3, 0.4) is 0 Å². The largest absolute Gasteiger partial charge is 0.245 e. The van der Waals surface area contributed by atoms with Crippen molar-refractivity contribution in [3.63, 3.8) is 0 Å². The van der Waals surface area contributed by atoms with Gasteiger partial charge in [0.15, 0.2) is 0 Å². The van der Waals surface area contributed by atoms with Crippen molar-refractivity contribution in [2.75, 3.05) is 0 Å². The van der Waals surface area contributed by atoms with Crippen molar-refractivity contribution in [3.8, 4) is 33.4 Å². The lowest BCUT2D eigenvalue weighted by Crippen LogP contribution is -2.37. The first kappa shape index (κ1) is 24.0. The van der Waals surface area contributed by atoms with Crippen molar-refractivity contribution in [2.45, 2.75) is 19.6 Å². The van der Waals surface area contributed by atoms with Crippen molar-refractivity contribution in [2.24, 2.45) is 0 Å². The van der Waals surface area contributed by atoms with Crippen LogP contribution < -0.4 is 5.19 Å². The Labute approximate surface area is 234 Å². The van der Waals surface area contributed by atoms with Crippen LogP contribution in [0, 0.1) is 0 Å². The highest BCUT2D eigenvalue weighted by atomic mass is 32.1. The molecule has 0 unspecified atom stereocenters. The van der Waals surface area contributed by atoms with E-state index in [0.29, 0.717) is 0 Å². The fourth-order valence-corrected chi connectivity index (χ4v) is 7.82. The minimum atomic E-state index is -1.28. The number of rotatable bonds is 4. The van der Waals surface area contributed by atoms with Gasteiger partial charge in [0.2, 0.25) is 0 Å². The average molecular weight is 536 g/mol. The summed E-state index contributed by atoms with van der Waals surface area (Å²) in [5.41, 5.74) is 7.53. The molecule has 7 aromatic rings. The molecule has 0 saturated carbocycles. The van der Waals surface area contributed by atoms with Crippen LogP contribution in [0.2, 0.25) is 19.6 Å². The van der Waals surface area contributed by atoms with Gasteiger partial charge in [-0.25, -0.2) is 4.98 Å². The first-order chi connectivity index (χ1) is 18.9. The van der Waals surface area contributed by atoms with Crippen LogP contribution in [0.15, 0.2) is 121 Å². The maximum atomic E-state index is 4.59. The van der Waals surface area contributed by atoms with Gasteiger partial charge in [0.05, 0.1) is 8.07 Å². The number of hydrogen-bond acceptors (Lipinski definition) is 2. The fraction of sp³-hybridized carbons (Fsp3) is 0.0833. The summed E-state index contributed by atoms with van der Waals surface area (Å²) in [5.74, 6) is 0. The molecule has 39 heavy (non-hydrogen) atoms. The zero-order valence-corrected chi connectivity index (χ0v) is 24.2. The third kappa shape index (κ3) is 4.38. The highest BCUT2D eigenvalue weighted by Gasteiger charge is 2.16. The number of fused-ring (bicyclic) bond motifs is 4. The van der Waals surface area contributed by atoms with E-state index in [4.69, 9.17) is 0 Å². The molecule has 5 aromatic carbocycles. The van der Waals surface area contributed by atoms with Gasteiger partial charge in [-0.1, -0.05) is 116 Å². The minimum absolute atomic E-state index is 1.10. The van der Waals surface area contributed by atoms with Gasteiger partial charge in [-0.2, -0.15) is 0 Å². The molecule has 7 rings (SSSR count). The molecule has 0 aliphatic carbocycles. The summed E-state index contributed by atoms with van der Waals surface area (Å²) in [6.45, 7) is 7.19. The fourth-order valence-electron chi connectivity index (χ4n) is 5.47. The number of nitrogens with zero attached hydrogens (tertiary/aromatic N) is 1. The lowest BCUT2D eigenvalue weighted by molar-refractivity contribution is 1.45. The summed E-state index contributed by atoms with van der Waals surface area (Å²) in [6, 6.07) is 42.6. The Hall–Kier alpha value is -4.05. The van der Waals surface area contributed by atoms with Crippen LogP contribution in [-0.2, 0) is 0 Å². The first-order valence-electron chi connectivity index (χ1n) is 13.5. The number of thiophene rings is 1. The van der Waals surface area contributed by atoms with E-state index >= 15 is 0 Å². The Bertz CT molecular complexity index is 1980. The summed E-state index contributed by atoms with van der Waals surface area (Å²) in [7, 11) is -1.28. The Morgan fingerprint density at radius 3 is 1.74 bits per heavy atom. The van der Waals surface area contributed by atoms with E-state index in [0.717, 1.165) is 4.83 Å². The topological polar surface area (TPSA) is 12.9 Å². The van der Waals surface area contributed by atoms with Gasteiger partial charge in [-0.15, -0.1) is 11.3 Å². The quantitative estimate of drug-likeness (QED) is 0.204. The van der Waals surface area contributed by atoms with Crippen LogP contribution in [0.5, 0.6) is 0 Å². The van der Waals surface area contributed by atoms with Crippen molar-refractivity contribution in [1.29, 1.82) is 0 Å². The normalized spacial score (nSPS) is 12.0. The van der Waals surface area contributed by atoms with Gasteiger partial charge in [0, 0.05) is 21.7 Å². The van der Waals surface area contributed by atoms with Gasteiger partial charge in [0.25, 0.3) is 0 Å². The predicted molar refractivity (Wildman–Crippen MR) is 174 cm³/mol. The second-order valence-corrected chi connectivity index (χ2v) is 17.4. The molecule has 2 heterocycles. The molecule has 0 N–H and O–H groups in total. The van der Waals surface area contributed by atoms with Crippen molar-refractivity contribution >= 4 is 55.7 Å². The molecular weight excluding hydrogens is 507 g/mol. The molecule has 188 valence electrons. The van der Waals surface area contributed by atoms with Crippen LogP contribution in [0.4, 0.5) is 0 Å². The molecule has 0 fully saturated rings. The zero-order chi connectivity index (χ0) is 26.6. The van der Waals surface area contributed by atoms with Gasteiger partial charge < -0.3 is 0 Å². The predicted octanol–water partition coefficient (Wildman–Crippen LogP) is 10.1. The smallest absolute Gasteiger partial charge is 0.124 e. The Morgan fingerprint density at radius 1 is 0.538 bits per heavy atom. The van der Waals surface area contributed by atoms with E-state index in [2.05, 4.69) is 134 Å². The standard InChI is InChI=1S/C36H29NSSi/c1-39(2,3)31-19-17-25(18-20-31)28-14-16-29-22-27(13-15-30(29)23-28)24-9-11-26(12-10-24)32-6-4-7-33-34-8-5-21-37-36(34)38-35(32)33/h4-23H,1-3H3. The maximum Gasteiger partial charge on any atom is 0.124 e. The number of aromatic nitrogens is 1. The van der Waals surface area contributed by atoms with E-state index < -0.39 is 8.07 Å².